The van der Waals surface area contributed by atoms with Crippen LogP contribution < -0.4 is 0 Å². The van der Waals surface area contributed by atoms with Gasteiger partial charge in [-0.05, 0) is 84.5 Å². The minimum Gasteiger partial charge on any atom is -0.508 e. The summed E-state index contributed by atoms with van der Waals surface area (Å²) >= 11 is 0. The number of hydrogen-bond donors (Lipinski definition) is 2. The molecule has 0 unspecified atom stereocenters. The topological polar surface area (TPSA) is 40.5 Å². The number of phenols is 1. The Morgan fingerprint density at radius 1 is 1.24 bits per heavy atom. The minimum absolute atomic E-state index is 0.111. The Kier molecular flexibility index (Phi) is 2.91. The standard InChI is InChI=1S/C19H26O2/c1-11-17(21)10-19(2)8-7-15-14-6-4-13(20)9-12(14)3-5-16(15)18(11)19/h4,6,9,11,15-18,20-21H,3,5,7-8,10H2,1-2H3/t11-,15-,16-,17+,18+,19-/m1/s1. The molecule has 0 amide bonds. The van der Waals surface area contributed by atoms with Crippen molar-refractivity contribution >= 4 is 0 Å². The summed E-state index contributed by atoms with van der Waals surface area (Å²) in [6.45, 7) is 4.67. The van der Waals surface area contributed by atoms with Crippen molar-refractivity contribution in [2.75, 3.05) is 0 Å². The quantitative estimate of drug-likeness (QED) is 0.760. The second-order valence-corrected chi connectivity index (χ2v) is 8.04. The van der Waals surface area contributed by atoms with Crippen molar-refractivity contribution in [3.8, 4) is 5.75 Å². The van der Waals surface area contributed by atoms with Crippen LogP contribution in [-0.2, 0) is 6.42 Å². The molecule has 0 heterocycles. The van der Waals surface area contributed by atoms with E-state index in [9.17, 15) is 10.2 Å². The summed E-state index contributed by atoms with van der Waals surface area (Å²) in [7, 11) is 0. The first-order valence-corrected chi connectivity index (χ1v) is 8.49. The first-order valence-electron chi connectivity index (χ1n) is 8.49. The van der Waals surface area contributed by atoms with E-state index in [1.807, 2.05) is 12.1 Å². The van der Waals surface area contributed by atoms with Crippen molar-refractivity contribution in [3.05, 3.63) is 29.3 Å². The predicted octanol–water partition coefficient (Wildman–Crippen LogP) is 3.86. The smallest absolute Gasteiger partial charge is 0.115 e. The van der Waals surface area contributed by atoms with Crippen LogP contribution in [0.3, 0.4) is 0 Å². The number of aromatic hydroxyl groups is 1. The van der Waals surface area contributed by atoms with E-state index >= 15 is 0 Å². The predicted molar refractivity (Wildman–Crippen MR) is 83.3 cm³/mol. The minimum atomic E-state index is -0.111. The second-order valence-electron chi connectivity index (χ2n) is 8.04. The van der Waals surface area contributed by atoms with Crippen LogP contribution in [0.5, 0.6) is 5.75 Å². The van der Waals surface area contributed by atoms with Crippen molar-refractivity contribution in [2.45, 2.75) is 58.0 Å². The third-order valence-electron chi connectivity index (χ3n) is 6.93. The van der Waals surface area contributed by atoms with E-state index in [4.69, 9.17) is 0 Å². The Hall–Kier alpha value is -1.02. The molecule has 0 aliphatic heterocycles. The lowest BCUT2D eigenvalue weighted by atomic mass is 9.54. The summed E-state index contributed by atoms with van der Waals surface area (Å²) < 4.78 is 0. The highest BCUT2D eigenvalue weighted by molar-refractivity contribution is 5.40. The largest absolute Gasteiger partial charge is 0.508 e. The molecule has 2 N–H and O–H groups in total. The maximum Gasteiger partial charge on any atom is 0.115 e. The molecule has 2 saturated carbocycles. The lowest BCUT2D eigenvalue weighted by Crippen LogP contribution is -2.41. The van der Waals surface area contributed by atoms with Crippen LogP contribution in [0.15, 0.2) is 18.2 Å². The number of benzene rings is 1. The zero-order valence-corrected chi connectivity index (χ0v) is 13.0. The van der Waals surface area contributed by atoms with E-state index in [0.717, 1.165) is 12.8 Å². The van der Waals surface area contributed by atoms with Gasteiger partial charge >= 0.3 is 0 Å². The van der Waals surface area contributed by atoms with Gasteiger partial charge in [-0.1, -0.05) is 19.9 Å². The average molecular weight is 286 g/mol. The second kappa shape index (κ2) is 4.49. The van der Waals surface area contributed by atoms with Gasteiger partial charge in [-0.25, -0.2) is 0 Å². The molecule has 6 atom stereocenters. The number of aliphatic hydroxyl groups is 1. The molecule has 0 aromatic heterocycles. The van der Waals surface area contributed by atoms with E-state index in [1.165, 1.54) is 30.4 Å². The maximum atomic E-state index is 10.4. The molecule has 4 rings (SSSR count). The van der Waals surface area contributed by atoms with Gasteiger partial charge in [0.05, 0.1) is 6.10 Å². The summed E-state index contributed by atoms with van der Waals surface area (Å²) in [4.78, 5) is 0. The van der Waals surface area contributed by atoms with Crippen molar-refractivity contribution in [1.82, 2.24) is 0 Å². The van der Waals surface area contributed by atoms with E-state index < -0.39 is 0 Å². The highest BCUT2D eigenvalue weighted by Gasteiger charge is 2.56. The van der Waals surface area contributed by atoms with Crippen LogP contribution in [0.4, 0.5) is 0 Å². The third-order valence-corrected chi connectivity index (χ3v) is 6.93. The molecule has 2 nitrogen and oxygen atoms in total. The van der Waals surface area contributed by atoms with Gasteiger partial charge in [0.25, 0.3) is 0 Å². The fourth-order valence-electron chi connectivity index (χ4n) is 6.06. The molecule has 1 aromatic rings. The van der Waals surface area contributed by atoms with Gasteiger partial charge in [-0.3, -0.25) is 0 Å². The van der Waals surface area contributed by atoms with Gasteiger partial charge < -0.3 is 10.2 Å². The lowest BCUT2D eigenvalue weighted by Gasteiger charge is -2.50. The molecule has 114 valence electrons. The monoisotopic (exact) mass is 286 g/mol. The van der Waals surface area contributed by atoms with Crippen molar-refractivity contribution in [1.29, 1.82) is 0 Å². The molecular weight excluding hydrogens is 260 g/mol. The molecule has 0 saturated heterocycles. The lowest BCUT2D eigenvalue weighted by molar-refractivity contribution is 0.0353. The fourth-order valence-corrected chi connectivity index (χ4v) is 6.06. The average Bonchev–Trinajstić information content (AvgIpc) is 2.68. The number of phenolic OH excluding ortho intramolecular Hbond substituents is 1. The highest BCUT2D eigenvalue weighted by atomic mass is 16.3. The van der Waals surface area contributed by atoms with E-state index in [2.05, 4.69) is 19.9 Å². The van der Waals surface area contributed by atoms with E-state index in [0.29, 0.717) is 34.8 Å². The van der Waals surface area contributed by atoms with Crippen LogP contribution in [0.25, 0.3) is 0 Å². The first-order chi connectivity index (χ1) is 9.99. The molecule has 3 aliphatic carbocycles. The summed E-state index contributed by atoms with van der Waals surface area (Å²) in [5, 5.41) is 20.1. The summed E-state index contributed by atoms with van der Waals surface area (Å²) in [5.74, 6) is 2.85. The Morgan fingerprint density at radius 2 is 2.05 bits per heavy atom. The van der Waals surface area contributed by atoms with Crippen LogP contribution in [0.1, 0.15) is 56.6 Å². The van der Waals surface area contributed by atoms with Crippen LogP contribution >= 0.6 is 0 Å². The zero-order chi connectivity index (χ0) is 14.8. The maximum absolute atomic E-state index is 10.4. The highest BCUT2D eigenvalue weighted by Crippen LogP contribution is 2.62. The number of hydrogen-bond acceptors (Lipinski definition) is 2. The van der Waals surface area contributed by atoms with Crippen LogP contribution in [0.2, 0.25) is 0 Å². The number of rotatable bonds is 0. The molecule has 2 heteroatoms. The Labute approximate surface area is 127 Å². The number of aliphatic hydroxyl groups excluding tert-OH is 1. The molecule has 2 fully saturated rings. The number of fused-ring (bicyclic) bond motifs is 5. The van der Waals surface area contributed by atoms with Gasteiger partial charge in [0.15, 0.2) is 0 Å². The molecule has 0 radical (unpaired) electrons. The molecular formula is C19H26O2. The van der Waals surface area contributed by atoms with Crippen molar-refractivity contribution < 1.29 is 10.2 Å². The van der Waals surface area contributed by atoms with E-state index in [1.54, 1.807) is 0 Å². The zero-order valence-electron chi connectivity index (χ0n) is 13.0. The SMILES string of the molecule is C[C@H]1[C@H]2[C@@H]3CCc4cc(O)ccc4[C@H]3CC[C@]2(C)C[C@@H]1O. The third kappa shape index (κ3) is 1.88. The fraction of sp³-hybridized carbons (Fsp3) is 0.684. The Morgan fingerprint density at radius 3 is 2.86 bits per heavy atom. The molecule has 3 aliphatic rings. The summed E-state index contributed by atoms with van der Waals surface area (Å²) in [5.41, 5.74) is 3.17. The first kappa shape index (κ1) is 13.6. The van der Waals surface area contributed by atoms with Gasteiger partial charge in [-0.15, -0.1) is 0 Å². The molecule has 0 bridgehead atoms. The Bertz CT molecular complexity index is 567. The van der Waals surface area contributed by atoms with Crippen LogP contribution in [0, 0.1) is 23.2 Å². The van der Waals surface area contributed by atoms with Gasteiger partial charge in [-0.2, -0.15) is 0 Å². The summed E-state index contributed by atoms with van der Waals surface area (Å²) in [6.07, 6.45) is 5.67. The number of aryl methyl sites for hydroxylation is 1. The van der Waals surface area contributed by atoms with Gasteiger partial charge in [0.1, 0.15) is 5.75 Å². The van der Waals surface area contributed by atoms with Crippen LogP contribution in [-0.4, -0.2) is 16.3 Å². The van der Waals surface area contributed by atoms with Crippen molar-refractivity contribution in [3.63, 3.8) is 0 Å². The summed E-state index contributed by atoms with van der Waals surface area (Å²) in [6, 6.07) is 5.97. The van der Waals surface area contributed by atoms with Crippen molar-refractivity contribution in [2.24, 2.45) is 23.2 Å². The Balaban J connectivity index is 1.73. The van der Waals surface area contributed by atoms with E-state index in [-0.39, 0.29) is 6.10 Å². The molecule has 0 spiro atoms. The normalized spacial score (nSPS) is 44.8. The van der Waals surface area contributed by atoms with Gasteiger partial charge in [0, 0.05) is 0 Å². The van der Waals surface area contributed by atoms with Gasteiger partial charge in [0.2, 0.25) is 0 Å². The molecule has 21 heavy (non-hydrogen) atoms. The molecule has 1 aromatic carbocycles.